The van der Waals surface area contributed by atoms with Crippen molar-refractivity contribution in [1.82, 2.24) is 15.1 Å². The van der Waals surface area contributed by atoms with Gasteiger partial charge in [0.1, 0.15) is 18.1 Å². The van der Waals surface area contributed by atoms with Crippen LogP contribution in [0.2, 0.25) is 0 Å². The normalized spacial score (nSPS) is 16.4. The number of hydrogen-bond acceptors (Lipinski definition) is 7. The zero-order valence-corrected chi connectivity index (χ0v) is 17.5. The highest BCUT2D eigenvalue weighted by atomic mass is 19.4. The van der Waals surface area contributed by atoms with Crippen LogP contribution in [0.15, 0.2) is 63.9 Å². The van der Waals surface area contributed by atoms with E-state index in [4.69, 9.17) is 8.94 Å². The highest BCUT2D eigenvalue weighted by molar-refractivity contribution is 5.75. The molecule has 2 aromatic heterocycles. The van der Waals surface area contributed by atoms with Crippen LogP contribution in [0.1, 0.15) is 30.3 Å². The van der Waals surface area contributed by atoms with E-state index in [1.807, 2.05) is 25.1 Å². The van der Waals surface area contributed by atoms with Gasteiger partial charge in [0.25, 0.3) is 0 Å². The van der Waals surface area contributed by atoms with Crippen LogP contribution in [-0.4, -0.2) is 28.0 Å². The molecule has 1 atom stereocenters. The van der Waals surface area contributed by atoms with Gasteiger partial charge in [0.15, 0.2) is 0 Å². The largest absolute Gasteiger partial charge is 0.573 e. The maximum absolute atomic E-state index is 12.8. The third kappa shape index (κ3) is 4.28. The van der Waals surface area contributed by atoms with Gasteiger partial charge >= 0.3 is 6.36 Å². The lowest BCUT2D eigenvalue weighted by Crippen LogP contribution is -2.23. The smallest absolute Gasteiger partial charge is 0.444 e. The van der Waals surface area contributed by atoms with Gasteiger partial charge in [0.2, 0.25) is 17.6 Å². The molecule has 0 bridgehead atoms. The summed E-state index contributed by atoms with van der Waals surface area (Å²) in [4.78, 5) is 10.9. The second kappa shape index (κ2) is 8.27. The van der Waals surface area contributed by atoms with Crippen molar-refractivity contribution in [1.29, 1.82) is 0 Å². The van der Waals surface area contributed by atoms with Crippen molar-refractivity contribution in [2.45, 2.75) is 32.2 Å². The zero-order valence-electron chi connectivity index (χ0n) is 17.5. The molecule has 0 spiro atoms. The number of nitrogens with zero attached hydrogens (tertiary/aromatic N) is 4. The van der Waals surface area contributed by atoms with Crippen molar-refractivity contribution in [3.8, 4) is 28.6 Å². The average molecular weight is 456 g/mol. The molecule has 33 heavy (non-hydrogen) atoms. The first-order valence-corrected chi connectivity index (χ1v) is 10.3. The summed E-state index contributed by atoms with van der Waals surface area (Å²) in [5, 5.41) is 3.95. The Balaban J connectivity index is 1.49. The van der Waals surface area contributed by atoms with E-state index in [1.165, 1.54) is 24.5 Å². The fraction of sp³-hybridized carbons (Fsp3) is 0.261. The Kier molecular flexibility index (Phi) is 5.27. The molecule has 170 valence electrons. The van der Waals surface area contributed by atoms with Crippen LogP contribution in [-0.2, 0) is 0 Å². The Hall–Kier alpha value is -3.82. The van der Waals surface area contributed by atoms with Crippen molar-refractivity contribution in [2.75, 3.05) is 11.4 Å². The highest BCUT2D eigenvalue weighted by Gasteiger charge is 2.35. The van der Waals surface area contributed by atoms with E-state index in [2.05, 4.69) is 24.8 Å². The van der Waals surface area contributed by atoms with Gasteiger partial charge in [-0.25, -0.2) is 4.98 Å². The summed E-state index contributed by atoms with van der Waals surface area (Å²) in [7, 11) is 0. The van der Waals surface area contributed by atoms with Gasteiger partial charge in [-0.3, -0.25) is 0 Å². The van der Waals surface area contributed by atoms with E-state index in [-0.39, 0.29) is 23.2 Å². The number of halogens is 3. The molecule has 7 nitrogen and oxygen atoms in total. The van der Waals surface area contributed by atoms with Crippen LogP contribution in [0.4, 0.5) is 18.9 Å². The maximum Gasteiger partial charge on any atom is 0.573 e. The molecule has 0 N–H and O–H groups in total. The summed E-state index contributed by atoms with van der Waals surface area (Å²) in [6.07, 6.45) is -0.0842. The van der Waals surface area contributed by atoms with Gasteiger partial charge < -0.3 is 18.6 Å². The summed E-state index contributed by atoms with van der Waals surface area (Å²) in [6.45, 7) is 2.74. The van der Waals surface area contributed by atoms with Gasteiger partial charge in [-0.05, 0) is 49.6 Å². The van der Waals surface area contributed by atoms with Crippen LogP contribution in [0.25, 0.3) is 22.8 Å². The number of para-hydroxylation sites is 1. The number of aryl methyl sites for hydroxylation is 1. The number of aromatic nitrogens is 3. The quantitative estimate of drug-likeness (QED) is 0.368. The molecule has 1 saturated heterocycles. The van der Waals surface area contributed by atoms with E-state index in [0.717, 1.165) is 36.2 Å². The SMILES string of the molecule is Cc1ccc(-c2ncco2)c(N2CCC[C@H]2c2nc(-c3ccccc3OC(F)(F)F)no2)c1. The van der Waals surface area contributed by atoms with E-state index in [9.17, 15) is 13.2 Å². The monoisotopic (exact) mass is 456 g/mol. The summed E-state index contributed by atoms with van der Waals surface area (Å²) in [5.74, 6) is 0.476. The fourth-order valence-electron chi connectivity index (χ4n) is 4.07. The molecule has 0 radical (unpaired) electrons. The topological polar surface area (TPSA) is 77.4 Å². The molecule has 0 amide bonds. The van der Waals surface area contributed by atoms with Gasteiger partial charge in [0.05, 0.1) is 23.0 Å². The number of anilines is 1. The summed E-state index contributed by atoms with van der Waals surface area (Å²) < 4.78 is 53.6. The van der Waals surface area contributed by atoms with Gasteiger partial charge in [-0.15, -0.1) is 13.2 Å². The molecule has 5 rings (SSSR count). The lowest BCUT2D eigenvalue weighted by molar-refractivity contribution is -0.274. The lowest BCUT2D eigenvalue weighted by atomic mass is 10.1. The molecular weight excluding hydrogens is 437 g/mol. The first-order chi connectivity index (χ1) is 15.9. The van der Waals surface area contributed by atoms with Crippen LogP contribution in [0, 0.1) is 6.92 Å². The molecular formula is C23H19F3N4O3. The second-order valence-electron chi connectivity index (χ2n) is 7.71. The fourth-order valence-corrected chi connectivity index (χ4v) is 4.07. The molecule has 0 saturated carbocycles. The summed E-state index contributed by atoms with van der Waals surface area (Å²) in [6, 6.07) is 11.5. The summed E-state index contributed by atoms with van der Waals surface area (Å²) in [5.41, 5.74) is 2.92. The third-order valence-electron chi connectivity index (χ3n) is 5.46. The van der Waals surface area contributed by atoms with Crippen molar-refractivity contribution >= 4 is 5.69 Å². The molecule has 0 aliphatic carbocycles. The van der Waals surface area contributed by atoms with Crippen LogP contribution >= 0.6 is 0 Å². The van der Waals surface area contributed by atoms with E-state index in [1.54, 1.807) is 12.3 Å². The zero-order chi connectivity index (χ0) is 23.0. The maximum atomic E-state index is 12.8. The first kappa shape index (κ1) is 21.0. The summed E-state index contributed by atoms with van der Waals surface area (Å²) >= 11 is 0. The van der Waals surface area contributed by atoms with Crippen molar-refractivity contribution in [3.05, 3.63) is 66.4 Å². The number of hydrogen-bond donors (Lipinski definition) is 0. The lowest BCUT2D eigenvalue weighted by Gasteiger charge is -2.26. The van der Waals surface area contributed by atoms with E-state index < -0.39 is 6.36 Å². The third-order valence-corrected chi connectivity index (χ3v) is 5.46. The molecule has 0 unspecified atom stereocenters. The predicted molar refractivity (Wildman–Crippen MR) is 112 cm³/mol. The van der Waals surface area contributed by atoms with Crippen LogP contribution in [0.5, 0.6) is 5.75 Å². The molecule has 2 aromatic carbocycles. The van der Waals surface area contributed by atoms with Crippen LogP contribution in [0.3, 0.4) is 0 Å². The Bertz CT molecular complexity index is 1250. The van der Waals surface area contributed by atoms with Crippen molar-refractivity contribution in [2.24, 2.45) is 0 Å². The predicted octanol–water partition coefficient (Wildman–Crippen LogP) is 5.94. The van der Waals surface area contributed by atoms with Crippen LogP contribution < -0.4 is 9.64 Å². The number of rotatable bonds is 5. The van der Waals surface area contributed by atoms with E-state index in [0.29, 0.717) is 11.8 Å². The molecule has 1 fully saturated rings. The average Bonchev–Trinajstić information content (AvgIpc) is 3.53. The Morgan fingerprint density at radius 1 is 1.12 bits per heavy atom. The van der Waals surface area contributed by atoms with E-state index >= 15 is 0 Å². The molecule has 1 aliphatic rings. The molecule has 1 aliphatic heterocycles. The standard InChI is InChI=1S/C23H19F3N4O3/c1-14-8-9-15(21-27-10-12-31-21)18(13-14)30-11-4-6-17(30)22-28-20(29-33-22)16-5-2-3-7-19(16)32-23(24,25)26/h2-3,5,7-10,12-13,17H,4,6,11H2,1H3/t17-/m0/s1. The van der Waals surface area contributed by atoms with Crippen molar-refractivity contribution < 1.29 is 26.8 Å². The Labute approximate surface area is 186 Å². The van der Waals surface area contributed by atoms with Gasteiger partial charge in [-0.2, -0.15) is 4.98 Å². The minimum absolute atomic E-state index is 0.0360. The Morgan fingerprint density at radius 3 is 2.76 bits per heavy atom. The number of alkyl halides is 3. The molecule has 3 heterocycles. The highest BCUT2D eigenvalue weighted by Crippen LogP contribution is 2.41. The molecule has 10 heteroatoms. The number of oxazole rings is 1. The van der Waals surface area contributed by atoms with Gasteiger partial charge in [-0.1, -0.05) is 23.4 Å². The Morgan fingerprint density at radius 2 is 1.97 bits per heavy atom. The first-order valence-electron chi connectivity index (χ1n) is 10.3. The van der Waals surface area contributed by atoms with Gasteiger partial charge in [0, 0.05) is 6.54 Å². The second-order valence-corrected chi connectivity index (χ2v) is 7.71. The number of benzene rings is 2. The minimum atomic E-state index is -4.83. The molecule has 4 aromatic rings. The minimum Gasteiger partial charge on any atom is -0.444 e. The van der Waals surface area contributed by atoms with Crippen molar-refractivity contribution in [3.63, 3.8) is 0 Å². The number of ether oxygens (including phenoxy) is 1.